The predicted molar refractivity (Wildman–Crippen MR) is 48.3 cm³/mol. The Hall–Kier alpha value is -0.570. The number of nitrogens with two attached hydrogens (primary N) is 1. The number of anilines is 1. The van der Waals surface area contributed by atoms with E-state index in [4.69, 9.17) is 5.73 Å². The maximum atomic E-state index is 5.70. The van der Waals surface area contributed by atoms with Crippen LogP contribution >= 0.6 is 15.9 Å². The molecule has 0 unspecified atom stereocenters. The van der Waals surface area contributed by atoms with Crippen molar-refractivity contribution in [3.8, 4) is 0 Å². The Morgan fingerprint density at radius 1 is 1.55 bits per heavy atom. The van der Waals surface area contributed by atoms with Gasteiger partial charge in [-0.25, -0.2) is 0 Å². The SMILES string of the molecule is Nc1cc(C2CC2)ncc1Br. The van der Waals surface area contributed by atoms with Gasteiger partial charge in [-0.3, -0.25) is 4.98 Å². The standard InChI is InChI=1S/C8H9BrN2/c9-6-4-11-8(3-7(6)10)5-1-2-5/h3-5H,1-2H2,(H2,10,11). The maximum absolute atomic E-state index is 5.70. The molecule has 1 fully saturated rings. The van der Waals surface area contributed by atoms with E-state index in [-0.39, 0.29) is 0 Å². The van der Waals surface area contributed by atoms with Crippen LogP contribution < -0.4 is 5.73 Å². The van der Waals surface area contributed by atoms with Crippen LogP contribution in [0.2, 0.25) is 0 Å². The van der Waals surface area contributed by atoms with E-state index in [1.807, 2.05) is 6.07 Å². The van der Waals surface area contributed by atoms with Crippen LogP contribution in [0.4, 0.5) is 5.69 Å². The van der Waals surface area contributed by atoms with Crippen LogP contribution in [-0.4, -0.2) is 4.98 Å². The van der Waals surface area contributed by atoms with Crippen molar-refractivity contribution >= 4 is 21.6 Å². The molecule has 1 aromatic heterocycles. The highest BCUT2D eigenvalue weighted by molar-refractivity contribution is 9.10. The molecule has 0 aliphatic heterocycles. The second kappa shape index (κ2) is 2.48. The van der Waals surface area contributed by atoms with E-state index in [1.165, 1.54) is 12.8 Å². The van der Waals surface area contributed by atoms with Crippen molar-refractivity contribution in [2.24, 2.45) is 0 Å². The van der Waals surface area contributed by atoms with Gasteiger partial charge in [0.05, 0.1) is 4.47 Å². The van der Waals surface area contributed by atoms with Gasteiger partial charge in [0, 0.05) is 23.5 Å². The smallest absolute Gasteiger partial charge is 0.0588 e. The number of rotatable bonds is 1. The minimum absolute atomic E-state index is 0.686. The normalized spacial score (nSPS) is 16.8. The topological polar surface area (TPSA) is 38.9 Å². The fourth-order valence-corrected chi connectivity index (χ4v) is 1.29. The summed E-state index contributed by atoms with van der Waals surface area (Å²) in [5, 5.41) is 0. The lowest BCUT2D eigenvalue weighted by atomic mass is 10.2. The van der Waals surface area contributed by atoms with Crippen LogP contribution in [0.5, 0.6) is 0 Å². The summed E-state index contributed by atoms with van der Waals surface area (Å²) in [5.41, 5.74) is 7.64. The summed E-state index contributed by atoms with van der Waals surface area (Å²) in [4.78, 5) is 4.27. The minimum Gasteiger partial charge on any atom is -0.398 e. The molecule has 2 rings (SSSR count). The first kappa shape index (κ1) is 7.10. The van der Waals surface area contributed by atoms with Crippen molar-refractivity contribution in [3.05, 3.63) is 22.4 Å². The second-order valence-electron chi connectivity index (χ2n) is 2.90. The number of halogens is 1. The van der Waals surface area contributed by atoms with Crippen LogP contribution in [-0.2, 0) is 0 Å². The molecule has 0 bridgehead atoms. The molecule has 1 saturated carbocycles. The Morgan fingerprint density at radius 2 is 2.27 bits per heavy atom. The first-order valence-corrected chi connectivity index (χ1v) is 4.47. The highest BCUT2D eigenvalue weighted by Gasteiger charge is 2.24. The van der Waals surface area contributed by atoms with Gasteiger partial charge in [-0.2, -0.15) is 0 Å². The van der Waals surface area contributed by atoms with Gasteiger partial charge in [0.1, 0.15) is 0 Å². The lowest BCUT2D eigenvalue weighted by Crippen LogP contribution is -1.92. The highest BCUT2D eigenvalue weighted by atomic mass is 79.9. The Labute approximate surface area is 73.9 Å². The van der Waals surface area contributed by atoms with E-state index in [1.54, 1.807) is 6.20 Å². The highest BCUT2D eigenvalue weighted by Crippen LogP contribution is 2.39. The van der Waals surface area contributed by atoms with Gasteiger partial charge in [0.2, 0.25) is 0 Å². The molecular formula is C8H9BrN2. The zero-order valence-corrected chi connectivity index (χ0v) is 7.63. The first-order valence-electron chi connectivity index (χ1n) is 3.68. The molecule has 0 radical (unpaired) electrons. The van der Waals surface area contributed by atoms with Crippen LogP contribution in [0, 0.1) is 0 Å². The molecule has 1 aliphatic carbocycles. The Kier molecular flexibility index (Phi) is 1.60. The van der Waals surface area contributed by atoms with E-state index in [0.717, 1.165) is 15.9 Å². The van der Waals surface area contributed by atoms with Crippen LogP contribution in [0.1, 0.15) is 24.5 Å². The third kappa shape index (κ3) is 1.38. The predicted octanol–water partition coefficient (Wildman–Crippen LogP) is 2.30. The molecule has 11 heavy (non-hydrogen) atoms. The summed E-state index contributed by atoms with van der Waals surface area (Å²) in [5.74, 6) is 0.686. The van der Waals surface area contributed by atoms with E-state index in [2.05, 4.69) is 20.9 Å². The molecular weight excluding hydrogens is 204 g/mol. The number of hydrogen-bond acceptors (Lipinski definition) is 2. The summed E-state index contributed by atoms with van der Waals surface area (Å²) in [6.45, 7) is 0. The van der Waals surface area contributed by atoms with E-state index in [0.29, 0.717) is 5.92 Å². The Balaban J connectivity index is 2.36. The third-order valence-corrected chi connectivity index (χ3v) is 2.56. The molecule has 0 aromatic carbocycles. The molecule has 3 heteroatoms. The van der Waals surface area contributed by atoms with E-state index in [9.17, 15) is 0 Å². The molecule has 58 valence electrons. The average Bonchev–Trinajstić information content (AvgIpc) is 2.77. The molecule has 0 amide bonds. The van der Waals surface area contributed by atoms with Gasteiger partial charge in [0.15, 0.2) is 0 Å². The van der Waals surface area contributed by atoms with E-state index >= 15 is 0 Å². The summed E-state index contributed by atoms with van der Waals surface area (Å²) in [7, 11) is 0. The van der Waals surface area contributed by atoms with Gasteiger partial charge in [-0.1, -0.05) is 0 Å². The van der Waals surface area contributed by atoms with Crippen molar-refractivity contribution in [2.75, 3.05) is 5.73 Å². The molecule has 2 nitrogen and oxygen atoms in total. The zero-order valence-electron chi connectivity index (χ0n) is 6.05. The number of aromatic nitrogens is 1. The molecule has 0 saturated heterocycles. The van der Waals surface area contributed by atoms with E-state index < -0.39 is 0 Å². The lowest BCUT2D eigenvalue weighted by molar-refractivity contribution is 1.02. The first-order chi connectivity index (χ1) is 5.27. The molecule has 0 spiro atoms. The summed E-state index contributed by atoms with van der Waals surface area (Å²) < 4.78 is 0.891. The molecule has 1 heterocycles. The average molecular weight is 213 g/mol. The molecule has 1 aliphatic rings. The summed E-state index contributed by atoms with van der Waals surface area (Å²) in [6.07, 6.45) is 4.32. The largest absolute Gasteiger partial charge is 0.398 e. The number of hydrogen-bond donors (Lipinski definition) is 1. The van der Waals surface area contributed by atoms with Gasteiger partial charge in [0.25, 0.3) is 0 Å². The molecule has 2 N–H and O–H groups in total. The minimum atomic E-state index is 0.686. The lowest BCUT2D eigenvalue weighted by Gasteiger charge is -2.00. The number of nitrogen functional groups attached to an aromatic ring is 1. The summed E-state index contributed by atoms with van der Waals surface area (Å²) in [6, 6.07) is 1.96. The van der Waals surface area contributed by atoms with Crippen LogP contribution in [0.15, 0.2) is 16.7 Å². The van der Waals surface area contributed by atoms with Gasteiger partial charge < -0.3 is 5.73 Å². The number of pyridine rings is 1. The van der Waals surface area contributed by atoms with Crippen molar-refractivity contribution in [2.45, 2.75) is 18.8 Å². The fourth-order valence-electron chi connectivity index (χ4n) is 1.07. The molecule has 1 aromatic rings. The van der Waals surface area contributed by atoms with Crippen molar-refractivity contribution in [1.29, 1.82) is 0 Å². The van der Waals surface area contributed by atoms with Crippen molar-refractivity contribution in [1.82, 2.24) is 4.98 Å². The monoisotopic (exact) mass is 212 g/mol. The zero-order chi connectivity index (χ0) is 7.84. The Morgan fingerprint density at radius 3 is 2.82 bits per heavy atom. The van der Waals surface area contributed by atoms with Crippen LogP contribution in [0.3, 0.4) is 0 Å². The maximum Gasteiger partial charge on any atom is 0.0588 e. The molecule has 0 atom stereocenters. The Bertz CT molecular complexity index is 281. The van der Waals surface area contributed by atoms with Gasteiger partial charge >= 0.3 is 0 Å². The number of nitrogens with zero attached hydrogens (tertiary/aromatic N) is 1. The van der Waals surface area contributed by atoms with Crippen LogP contribution in [0.25, 0.3) is 0 Å². The van der Waals surface area contributed by atoms with Crippen molar-refractivity contribution in [3.63, 3.8) is 0 Å². The summed E-state index contributed by atoms with van der Waals surface area (Å²) >= 11 is 3.31. The van der Waals surface area contributed by atoms with Gasteiger partial charge in [-0.05, 0) is 34.8 Å². The van der Waals surface area contributed by atoms with Gasteiger partial charge in [-0.15, -0.1) is 0 Å². The fraction of sp³-hybridized carbons (Fsp3) is 0.375. The second-order valence-corrected chi connectivity index (χ2v) is 3.76. The quantitative estimate of drug-likeness (QED) is 0.777. The van der Waals surface area contributed by atoms with Crippen molar-refractivity contribution < 1.29 is 0 Å². The third-order valence-electron chi connectivity index (χ3n) is 1.90.